The summed E-state index contributed by atoms with van der Waals surface area (Å²) in [4.78, 5) is 30.9. The normalized spacial score (nSPS) is 16.0. The number of likely N-dealkylation sites (tertiary alicyclic amines) is 1. The molecule has 1 aliphatic heterocycles. The number of amides is 1. The first-order valence-corrected chi connectivity index (χ1v) is 10.7. The molecule has 2 aromatic carbocycles. The van der Waals surface area contributed by atoms with Crippen molar-refractivity contribution in [2.45, 2.75) is 32.3 Å². The average molecular weight is 418 g/mol. The predicted octanol–water partition coefficient (Wildman–Crippen LogP) is 4.25. The molecule has 160 valence electrons. The maximum atomic E-state index is 12.7. The largest absolute Gasteiger partial charge is 0.449 e. The SMILES string of the molecule is C[C@@H](OC(=O)/C=C/c1nc2ccccc2o1)C(=O)N1CCC(Cc2ccccc2)CC1. The van der Waals surface area contributed by atoms with E-state index in [1.807, 2.05) is 30.3 Å². The van der Waals surface area contributed by atoms with Crippen LogP contribution in [-0.4, -0.2) is 41.0 Å². The zero-order valence-corrected chi connectivity index (χ0v) is 17.6. The molecule has 1 atom stereocenters. The molecule has 2 heterocycles. The number of para-hydroxylation sites is 2. The first kappa shape index (κ1) is 20.8. The van der Waals surface area contributed by atoms with Crippen LogP contribution < -0.4 is 0 Å². The smallest absolute Gasteiger partial charge is 0.331 e. The number of nitrogens with zero attached hydrogens (tertiary/aromatic N) is 2. The van der Waals surface area contributed by atoms with E-state index >= 15 is 0 Å². The van der Waals surface area contributed by atoms with Crippen LogP contribution >= 0.6 is 0 Å². The summed E-state index contributed by atoms with van der Waals surface area (Å²) in [5.74, 6) is 0.144. The van der Waals surface area contributed by atoms with Crippen molar-refractivity contribution >= 4 is 29.1 Å². The number of esters is 1. The third-order valence-corrected chi connectivity index (χ3v) is 5.61. The van der Waals surface area contributed by atoms with Gasteiger partial charge in [0, 0.05) is 25.2 Å². The van der Waals surface area contributed by atoms with Crippen molar-refractivity contribution in [3.8, 4) is 0 Å². The highest BCUT2D eigenvalue weighted by Gasteiger charge is 2.27. The van der Waals surface area contributed by atoms with E-state index in [2.05, 4.69) is 29.2 Å². The molecule has 0 aliphatic carbocycles. The zero-order valence-electron chi connectivity index (χ0n) is 17.6. The first-order valence-electron chi connectivity index (χ1n) is 10.7. The molecule has 31 heavy (non-hydrogen) atoms. The first-order chi connectivity index (χ1) is 15.1. The zero-order chi connectivity index (χ0) is 21.6. The molecule has 0 N–H and O–H groups in total. The second-order valence-electron chi connectivity index (χ2n) is 7.89. The quantitative estimate of drug-likeness (QED) is 0.442. The van der Waals surface area contributed by atoms with E-state index in [0.29, 0.717) is 30.5 Å². The van der Waals surface area contributed by atoms with Gasteiger partial charge in [-0.15, -0.1) is 0 Å². The lowest BCUT2D eigenvalue weighted by Crippen LogP contribution is -2.44. The number of fused-ring (bicyclic) bond motifs is 1. The third kappa shape index (κ3) is 5.40. The molecule has 6 heteroatoms. The van der Waals surface area contributed by atoms with Gasteiger partial charge < -0.3 is 14.1 Å². The Labute approximate surface area is 181 Å². The maximum absolute atomic E-state index is 12.7. The molecule has 1 fully saturated rings. The molecule has 0 radical (unpaired) electrons. The Bertz CT molecular complexity index is 1030. The molecule has 0 bridgehead atoms. The Hall–Kier alpha value is -3.41. The lowest BCUT2D eigenvalue weighted by Gasteiger charge is -2.33. The fraction of sp³-hybridized carbons (Fsp3) is 0.320. The van der Waals surface area contributed by atoms with E-state index in [9.17, 15) is 9.59 Å². The summed E-state index contributed by atoms with van der Waals surface area (Å²) < 4.78 is 10.8. The number of hydrogen-bond acceptors (Lipinski definition) is 5. The standard InChI is InChI=1S/C25H26N2O4/c1-18(30-24(28)12-11-23-26-21-9-5-6-10-22(21)31-23)25(29)27-15-13-20(14-16-27)17-19-7-3-2-4-8-19/h2-12,18,20H,13-17H2,1H3/b12-11+/t18-/m1/s1. The Morgan fingerprint density at radius 1 is 1.13 bits per heavy atom. The van der Waals surface area contributed by atoms with Crippen LogP contribution in [0.4, 0.5) is 0 Å². The van der Waals surface area contributed by atoms with Gasteiger partial charge in [-0.3, -0.25) is 4.79 Å². The van der Waals surface area contributed by atoms with Crippen LogP contribution in [-0.2, 0) is 20.7 Å². The van der Waals surface area contributed by atoms with Gasteiger partial charge in [-0.1, -0.05) is 42.5 Å². The summed E-state index contributed by atoms with van der Waals surface area (Å²) in [6.45, 7) is 3.00. The number of benzene rings is 2. The van der Waals surface area contributed by atoms with Crippen LogP contribution in [0, 0.1) is 5.92 Å². The summed E-state index contributed by atoms with van der Waals surface area (Å²) in [6.07, 6.45) is 4.81. The molecular weight excluding hydrogens is 392 g/mol. The lowest BCUT2D eigenvalue weighted by molar-refractivity contribution is -0.156. The summed E-state index contributed by atoms with van der Waals surface area (Å²) in [7, 11) is 0. The van der Waals surface area contributed by atoms with E-state index in [4.69, 9.17) is 9.15 Å². The minimum absolute atomic E-state index is 0.151. The van der Waals surface area contributed by atoms with Crippen molar-refractivity contribution in [2.24, 2.45) is 5.92 Å². The highest BCUT2D eigenvalue weighted by Crippen LogP contribution is 2.22. The Balaban J connectivity index is 1.25. The number of hydrogen-bond donors (Lipinski definition) is 0. The Kier molecular flexibility index (Phi) is 6.46. The number of oxazole rings is 1. The highest BCUT2D eigenvalue weighted by molar-refractivity contribution is 5.90. The molecule has 4 rings (SSSR count). The van der Waals surface area contributed by atoms with Gasteiger partial charge in [0.2, 0.25) is 5.89 Å². The van der Waals surface area contributed by atoms with Gasteiger partial charge in [0.1, 0.15) is 5.52 Å². The van der Waals surface area contributed by atoms with Crippen molar-refractivity contribution in [1.29, 1.82) is 0 Å². The van der Waals surface area contributed by atoms with Crippen molar-refractivity contribution in [3.63, 3.8) is 0 Å². The van der Waals surface area contributed by atoms with Crippen LogP contribution in [0.15, 0.2) is 65.1 Å². The van der Waals surface area contributed by atoms with Gasteiger partial charge in [0.05, 0.1) is 0 Å². The van der Waals surface area contributed by atoms with Crippen LogP contribution in [0.5, 0.6) is 0 Å². The van der Waals surface area contributed by atoms with Crippen molar-refractivity contribution in [3.05, 3.63) is 72.1 Å². The molecule has 0 unspecified atom stereocenters. The molecule has 3 aromatic rings. The fourth-order valence-corrected chi connectivity index (χ4v) is 3.93. The van der Waals surface area contributed by atoms with Crippen molar-refractivity contribution in [2.75, 3.05) is 13.1 Å². The summed E-state index contributed by atoms with van der Waals surface area (Å²) in [6, 6.07) is 17.8. The number of piperidine rings is 1. The molecule has 6 nitrogen and oxygen atoms in total. The average Bonchev–Trinajstić information content (AvgIpc) is 3.21. The second kappa shape index (κ2) is 9.60. The Morgan fingerprint density at radius 2 is 1.84 bits per heavy atom. The second-order valence-corrected chi connectivity index (χ2v) is 7.89. The number of carbonyl (C=O) groups is 2. The minimum Gasteiger partial charge on any atom is -0.449 e. The summed E-state index contributed by atoms with van der Waals surface area (Å²) in [5, 5.41) is 0. The molecule has 1 aromatic heterocycles. The monoisotopic (exact) mass is 418 g/mol. The highest BCUT2D eigenvalue weighted by atomic mass is 16.5. The molecule has 1 saturated heterocycles. The van der Waals surface area contributed by atoms with Crippen LogP contribution in [0.3, 0.4) is 0 Å². The van der Waals surface area contributed by atoms with E-state index in [-0.39, 0.29) is 5.91 Å². The van der Waals surface area contributed by atoms with E-state index in [1.165, 1.54) is 17.7 Å². The predicted molar refractivity (Wildman–Crippen MR) is 118 cm³/mol. The van der Waals surface area contributed by atoms with Gasteiger partial charge in [0.15, 0.2) is 11.7 Å². The van der Waals surface area contributed by atoms with Crippen LogP contribution in [0.25, 0.3) is 17.2 Å². The maximum Gasteiger partial charge on any atom is 0.331 e. The van der Waals surface area contributed by atoms with Gasteiger partial charge in [-0.05, 0) is 49.8 Å². The third-order valence-electron chi connectivity index (χ3n) is 5.61. The molecule has 0 saturated carbocycles. The van der Waals surface area contributed by atoms with Crippen LogP contribution in [0.2, 0.25) is 0 Å². The molecule has 0 spiro atoms. The summed E-state index contributed by atoms with van der Waals surface area (Å²) >= 11 is 0. The van der Waals surface area contributed by atoms with Gasteiger partial charge in [-0.25, -0.2) is 9.78 Å². The van der Waals surface area contributed by atoms with E-state index < -0.39 is 12.1 Å². The Morgan fingerprint density at radius 3 is 2.58 bits per heavy atom. The fourth-order valence-electron chi connectivity index (χ4n) is 3.93. The van der Waals surface area contributed by atoms with Crippen molar-refractivity contribution in [1.82, 2.24) is 9.88 Å². The van der Waals surface area contributed by atoms with Gasteiger partial charge >= 0.3 is 5.97 Å². The molecule has 1 aliphatic rings. The van der Waals surface area contributed by atoms with Crippen molar-refractivity contribution < 1.29 is 18.7 Å². The van der Waals surface area contributed by atoms with E-state index in [1.54, 1.807) is 11.8 Å². The van der Waals surface area contributed by atoms with Gasteiger partial charge in [0.25, 0.3) is 5.91 Å². The number of ether oxygens (including phenoxy) is 1. The topological polar surface area (TPSA) is 72.6 Å². The summed E-state index contributed by atoms with van der Waals surface area (Å²) in [5.41, 5.74) is 2.70. The number of rotatable bonds is 6. The number of carbonyl (C=O) groups excluding carboxylic acids is 2. The van der Waals surface area contributed by atoms with E-state index in [0.717, 1.165) is 24.8 Å². The lowest BCUT2D eigenvalue weighted by atomic mass is 9.90. The van der Waals surface area contributed by atoms with Crippen LogP contribution in [0.1, 0.15) is 31.2 Å². The minimum atomic E-state index is -0.827. The molecule has 1 amide bonds. The number of aromatic nitrogens is 1. The molecular formula is C25H26N2O4. The van der Waals surface area contributed by atoms with Gasteiger partial charge in [-0.2, -0.15) is 0 Å².